The van der Waals surface area contributed by atoms with E-state index in [4.69, 9.17) is 5.11 Å². The zero-order valence-corrected chi connectivity index (χ0v) is 15.2. The minimum atomic E-state index is -3.11. The molecule has 0 saturated carbocycles. The molecule has 3 rings (SSSR count). The van der Waals surface area contributed by atoms with Crippen molar-refractivity contribution in [2.75, 3.05) is 16.4 Å². The number of hydrogen-bond acceptors (Lipinski definition) is 5. The number of nitrogens with zero attached hydrogens (tertiary/aromatic N) is 2. The summed E-state index contributed by atoms with van der Waals surface area (Å²) >= 11 is 1.28. The monoisotopic (exact) mass is 382 g/mol. The van der Waals surface area contributed by atoms with Crippen molar-refractivity contribution in [2.24, 2.45) is 4.99 Å². The number of hydrogen-bond donors (Lipinski definition) is 1. The summed E-state index contributed by atoms with van der Waals surface area (Å²) in [6.45, 7) is 1.93. The second-order valence-electron chi connectivity index (χ2n) is 6.19. The number of aliphatic carboxylic acids is 1. The van der Waals surface area contributed by atoms with Gasteiger partial charge < -0.3 is 10.0 Å². The maximum absolute atomic E-state index is 12.0. The summed E-state index contributed by atoms with van der Waals surface area (Å²) in [7, 11) is -3.11. The van der Waals surface area contributed by atoms with Crippen LogP contribution in [-0.4, -0.2) is 53.4 Å². The third-order valence-electron chi connectivity index (χ3n) is 4.12. The maximum atomic E-state index is 12.0. The molecule has 0 aromatic heterocycles. The molecular weight excluding hydrogens is 364 g/mol. The summed E-state index contributed by atoms with van der Waals surface area (Å²) in [5.41, 5.74) is 1.81. The molecule has 25 heavy (non-hydrogen) atoms. The van der Waals surface area contributed by atoms with E-state index in [1.54, 1.807) is 0 Å². The highest BCUT2D eigenvalue weighted by Gasteiger charge is 2.49. The summed E-state index contributed by atoms with van der Waals surface area (Å²) in [5.74, 6) is -1.47. The normalized spacial score (nSPS) is 26.0. The van der Waals surface area contributed by atoms with Crippen LogP contribution < -0.4 is 4.90 Å². The number of fused-ring (bicyclic) bond motifs is 1. The third-order valence-corrected chi connectivity index (χ3v) is 7.33. The molecular formula is C16H18N2O5S2. The number of amidine groups is 1. The quantitative estimate of drug-likeness (QED) is 0.840. The largest absolute Gasteiger partial charge is 0.481 e. The van der Waals surface area contributed by atoms with Crippen LogP contribution in [0.1, 0.15) is 18.4 Å². The van der Waals surface area contributed by atoms with Crippen molar-refractivity contribution in [1.82, 2.24) is 0 Å². The number of rotatable bonds is 4. The van der Waals surface area contributed by atoms with Gasteiger partial charge in [-0.3, -0.25) is 9.59 Å². The van der Waals surface area contributed by atoms with Crippen LogP contribution in [0.3, 0.4) is 0 Å². The highest BCUT2D eigenvalue weighted by molar-refractivity contribution is 8.16. The van der Waals surface area contributed by atoms with Gasteiger partial charge in [0, 0.05) is 17.4 Å². The van der Waals surface area contributed by atoms with Gasteiger partial charge in [0.15, 0.2) is 15.0 Å². The smallest absolute Gasteiger partial charge is 0.303 e. The van der Waals surface area contributed by atoms with Gasteiger partial charge in [0.1, 0.15) is 0 Å². The Balaban J connectivity index is 1.92. The highest BCUT2D eigenvalue weighted by Crippen LogP contribution is 2.41. The molecule has 0 aliphatic carbocycles. The average molecular weight is 382 g/mol. The molecule has 1 amide bonds. The van der Waals surface area contributed by atoms with Gasteiger partial charge >= 0.3 is 5.97 Å². The van der Waals surface area contributed by atoms with E-state index < -0.39 is 21.7 Å². The molecule has 1 aromatic carbocycles. The first-order valence-corrected chi connectivity index (χ1v) is 10.5. The highest BCUT2D eigenvalue weighted by atomic mass is 32.2. The molecule has 2 aliphatic heterocycles. The first-order valence-electron chi connectivity index (χ1n) is 7.81. The number of carbonyl (C=O) groups excluding carboxylic acids is 1. The molecule has 7 nitrogen and oxygen atoms in total. The Hall–Kier alpha value is -1.87. The fourth-order valence-electron chi connectivity index (χ4n) is 3.02. The predicted octanol–water partition coefficient (Wildman–Crippen LogP) is 1.46. The lowest BCUT2D eigenvalue weighted by atomic mass is 10.1. The van der Waals surface area contributed by atoms with Gasteiger partial charge in [-0.2, -0.15) is 4.99 Å². The van der Waals surface area contributed by atoms with Crippen LogP contribution in [0, 0.1) is 6.92 Å². The SMILES string of the molecule is Cc1cccc(N2C(=NC(=O)CCC(=O)O)S[C@@H]3CS(=O)(=O)C[C@H]32)c1. The van der Waals surface area contributed by atoms with Gasteiger partial charge in [-0.1, -0.05) is 23.9 Å². The van der Waals surface area contributed by atoms with Crippen LogP contribution in [-0.2, 0) is 19.4 Å². The van der Waals surface area contributed by atoms with E-state index in [0.717, 1.165) is 11.3 Å². The Morgan fingerprint density at radius 2 is 2.08 bits per heavy atom. The van der Waals surface area contributed by atoms with Gasteiger partial charge in [0.2, 0.25) is 5.91 Å². The maximum Gasteiger partial charge on any atom is 0.303 e. The zero-order valence-electron chi connectivity index (χ0n) is 13.6. The molecule has 134 valence electrons. The predicted molar refractivity (Wildman–Crippen MR) is 96.8 cm³/mol. The lowest BCUT2D eigenvalue weighted by molar-refractivity contribution is -0.138. The molecule has 9 heteroatoms. The minimum absolute atomic E-state index is 0.0287. The van der Waals surface area contributed by atoms with Gasteiger partial charge in [-0.15, -0.1) is 0 Å². The van der Waals surface area contributed by atoms with Crippen molar-refractivity contribution in [2.45, 2.75) is 31.1 Å². The molecule has 2 atom stereocenters. The Bertz CT molecular complexity index is 850. The van der Waals surface area contributed by atoms with Crippen molar-refractivity contribution < 1.29 is 23.1 Å². The number of amides is 1. The number of carboxylic acids is 1. The van der Waals surface area contributed by atoms with Gasteiger partial charge in [-0.05, 0) is 24.6 Å². The van der Waals surface area contributed by atoms with Crippen molar-refractivity contribution in [3.05, 3.63) is 29.8 Å². The number of aryl methyl sites for hydroxylation is 1. The number of anilines is 1. The number of thioether (sulfide) groups is 1. The molecule has 0 radical (unpaired) electrons. The topological polar surface area (TPSA) is 104 Å². The van der Waals surface area contributed by atoms with E-state index in [9.17, 15) is 18.0 Å². The van der Waals surface area contributed by atoms with E-state index in [2.05, 4.69) is 4.99 Å². The van der Waals surface area contributed by atoms with E-state index >= 15 is 0 Å². The standard InChI is InChI=1S/C16H18N2O5S2/c1-10-3-2-4-11(7-10)18-12-8-25(22,23)9-13(12)24-16(18)17-14(19)5-6-15(20)21/h2-4,7,12-13H,5-6,8-9H2,1H3,(H,20,21)/t12-,13-/m1/s1. The van der Waals surface area contributed by atoms with Crippen molar-refractivity contribution in [1.29, 1.82) is 0 Å². The molecule has 1 aromatic rings. The Labute approximate surface area is 150 Å². The van der Waals surface area contributed by atoms with Gasteiger partial charge in [0.05, 0.1) is 24.0 Å². The van der Waals surface area contributed by atoms with E-state index in [0.29, 0.717) is 5.17 Å². The summed E-state index contributed by atoms with van der Waals surface area (Å²) < 4.78 is 24.0. The first kappa shape index (κ1) is 17.9. The third kappa shape index (κ3) is 4.04. The van der Waals surface area contributed by atoms with E-state index in [-0.39, 0.29) is 35.6 Å². The van der Waals surface area contributed by atoms with E-state index in [1.807, 2.05) is 36.1 Å². The van der Waals surface area contributed by atoms with Crippen LogP contribution in [0.15, 0.2) is 29.3 Å². The van der Waals surface area contributed by atoms with Crippen molar-refractivity contribution >= 4 is 44.3 Å². The second kappa shape index (κ2) is 6.80. The van der Waals surface area contributed by atoms with Crippen LogP contribution in [0.2, 0.25) is 0 Å². The summed E-state index contributed by atoms with van der Waals surface area (Å²) in [5, 5.41) is 8.97. The summed E-state index contributed by atoms with van der Waals surface area (Å²) in [4.78, 5) is 28.5. The number of aliphatic imine (C=N–C) groups is 1. The van der Waals surface area contributed by atoms with Crippen LogP contribution >= 0.6 is 11.8 Å². The fraction of sp³-hybridized carbons (Fsp3) is 0.438. The zero-order chi connectivity index (χ0) is 18.2. The molecule has 1 N–H and O–H groups in total. The Morgan fingerprint density at radius 3 is 2.76 bits per heavy atom. The number of carbonyl (C=O) groups is 2. The Morgan fingerprint density at radius 1 is 1.32 bits per heavy atom. The first-order chi connectivity index (χ1) is 11.7. The minimum Gasteiger partial charge on any atom is -0.481 e. The molecule has 2 fully saturated rings. The van der Waals surface area contributed by atoms with Crippen LogP contribution in [0.5, 0.6) is 0 Å². The van der Waals surface area contributed by atoms with Crippen LogP contribution in [0.25, 0.3) is 0 Å². The molecule has 0 spiro atoms. The molecule has 0 bridgehead atoms. The second-order valence-corrected chi connectivity index (χ2v) is 9.55. The molecule has 2 heterocycles. The number of carboxylic acid groups (broad SMARTS) is 1. The van der Waals surface area contributed by atoms with Crippen molar-refractivity contribution in [3.63, 3.8) is 0 Å². The van der Waals surface area contributed by atoms with E-state index in [1.165, 1.54) is 11.8 Å². The summed E-state index contributed by atoms with van der Waals surface area (Å²) in [6.07, 6.45) is -0.444. The Kier molecular flexibility index (Phi) is 4.88. The number of sulfone groups is 1. The van der Waals surface area contributed by atoms with Gasteiger partial charge in [-0.25, -0.2) is 8.42 Å². The lowest BCUT2D eigenvalue weighted by Gasteiger charge is -2.24. The molecule has 2 aliphatic rings. The lowest BCUT2D eigenvalue weighted by Crippen LogP contribution is -2.37. The van der Waals surface area contributed by atoms with Gasteiger partial charge in [0.25, 0.3) is 0 Å². The van der Waals surface area contributed by atoms with Crippen LogP contribution in [0.4, 0.5) is 5.69 Å². The fourth-order valence-corrected chi connectivity index (χ4v) is 6.95. The average Bonchev–Trinajstić information content (AvgIpc) is 2.96. The molecule has 0 unspecified atom stereocenters. The molecule has 2 saturated heterocycles. The number of benzene rings is 1. The van der Waals surface area contributed by atoms with Crippen molar-refractivity contribution in [3.8, 4) is 0 Å². The summed E-state index contributed by atoms with van der Waals surface area (Å²) in [6, 6.07) is 7.33.